The molecule has 2 rings (SSSR count). The van der Waals surface area contributed by atoms with E-state index >= 15 is 0 Å². The molecule has 132 valence electrons. The minimum absolute atomic E-state index is 0.102. The highest BCUT2D eigenvalue weighted by Gasteiger charge is 2.17. The molecule has 0 fully saturated rings. The minimum atomic E-state index is -0.525. The van der Waals surface area contributed by atoms with Crippen LogP contribution in [0, 0.1) is 5.82 Å². The quantitative estimate of drug-likeness (QED) is 0.657. The molecule has 0 aliphatic rings. The van der Waals surface area contributed by atoms with Crippen LogP contribution in [0.4, 0.5) is 10.1 Å². The second kappa shape index (κ2) is 8.06. The van der Waals surface area contributed by atoms with Crippen LogP contribution in [0.2, 0.25) is 0 Å². The van der Waals surface area contributed by atoms with E-state index < -0.39 is 11.4 Å². The van der Waals surface area contributed by atoms with Gasteiger partial charge >= 0.3 is 0 Å². The van der Waals surface area contributed by atoms with E-state index in [0.29, 0.717) is 21.5 Å². The fourth-order valence-corrected chi connectivity index (χ4v) is 3.00. The number of rotatable bonds is 4. The van der Waals surface area contributed by atoms with E-state index in [1.54, 1.807) is 30.3 Å². The maximum absolute atomic E-state index is 14.2. The maximum Gasteiger partial charge on any atom is 0.255 e. The summed E-state index contributed by atoms with van der Waals surface area (Å²) in [4.78, 5) is 12.2. The SMILES string of the molecule is CC(C)(C)OC(=S)Cc1cc(NC(=O)c2ccccc2)c(F)cc1Br. The largest absolute Gasteiger partial charge is 0.481 e. The monoisotopic (exact) mass is 423 g/mol. The average Bonchev–Trinajstić information content (AvgIpc) is 2.51. The van der Waals surface area contributed by atoms with Crippen LogP contribution in [0.25, 0.3) is 0 Å². The molecular formula is C19H19BrFNO2S. The molecule has 2 aromatic rings. The highest BCUT2D eigenvalue weighted by Crippen LogP contribution is 2.26. The van der Waals surface area contributed by atoms with Gasteiger partial charge in [0.2, 0.25) is 0 Å². The Morgan fingerprint density at radius 1 is 1.24 bits per heavy atom. The molecule has 1 amide bonds. The van der Waals surface area contributed by atoms with Gasteiger partial charge in [-0.3, -0.25) is 4.79 Å². The topological polar surface area (TPSA) is 38.3 Å². The van der Waals surface area contributed by atoms with Crippen molar-refractivity contribution in [2.24, 2.45) is 0 Å². The third kappa shape index (κ3) is 5.90. The van der Waals surface area contributed by atoms with Crippen LogP contribution >= 0.6 is 28.1 Å². The number of carbonyl (C=O) groups excluding carboxylic acids is 1. The number of hydrogen-bond donors (Lipinski definition) is 1. The van der Waals surface area contributed by atoms with Crippen molar-refractivity contribution in [3.05, 3.63) is 63.9 Å². The number of benzene rings is 2. The average molecular weight is 424 g/mol. The van der Waals surface area contributed by atoms with E-state index in [-0.39, 0.29) is 11.6 Å². The Kier molecular flexibility index (Phi) is 6.30. The molecule has 0 aliphatic carbocycles. The van der Waals surface area contributed by atoms with E-state index in [1.165, 1.54) is 6.07 Å². The lowest BCUT2D eigenvalue weighted by molar-refractivity contribution is 0.102. The van der Waals surface area contributed by atoms with Gasteiger partial charge in [0.05, 0.1) is 5.69 Å². The van der Waals surface area contributed by atoms with Gasteiger partial charge in [-0.25, -0.2) is 4.39 Å². The van der Waals surface area contributed by atoms with Gasteiger partial charge in [-0.05, 0) is 62.8 Å². The van der Waals surface area contributed by atoms with E-state index in [9.17, 15) is 9.18 Å². The molecule has 3 nitrogen and oxygen atoms in total. The van der Waals surface area contributed by atoms with Gasteiger partial charge in [0.25, 0.3) is 5.91 Å². The van der Waals surface area contributed by atoms with E-state index in [0.717, 1.165) is 5.56 Å². The number of carbonyl (C=O) groups is 1. The van der Waals surface area contributed by atoms with Crippen molar-refractivity contribution in [1.29, 1.82) is 0 Å². The van der Waals surface area contributed by atoms with Gasteiger partial charge in [0.1, 0.15) is 11.4 Å². The molecule has 0 saturated carbocycles. The first-order chi connectivity index (χ1) is 11.7. The summed E-state index contributed by atoms with van der Waals surface area (Å²) in [6.07, 6.45) is 0.335. The van der Waals surface area contributed by atoms with Crippen LogP contribution < -0.4 is 5.32 Å². The second-order valence-corrected chi connectivity index (χ2v) is 7.82. The summed E-state index contributed by atoms with van der Waals surface area (Å²) in [6, 6.07) is 11.5. The molecule has 0 aliphatic heterocycles. The van der Waals surface area contributed by atoms with Gasteiger partial charge in [-0.15, -0.1) is 0 Å². The predicted octanol–water partition coefficient (Wildman–Crippen LogP) is 5.53. The zero-order valence-electron chi connectivity index (χ0n) is 14.2. The summed E-state index contributed by atoms with van der Waals surface area (Å²) < 4.78 is 20.4. The molecule has 1 N–H and O–H groups in total. The van der Waals surface area contributed by atoms with Gasteiger partial charge in [-0.2, -0.15) is 0 Å². The Hall–Kier alpha value is -1.79. The lowest BCUT2D eigenvalue weighted by Gasteiger charge is -2.22. The number of ether oxygens (including phenoxy) is 1. The summed E-state index contributed by atoms with van der Waals surface area (Å²) in [6.45, 7) is 5.72. The molecule has 25 heavy (non-hydrogen) atoms. The molecule has 0 radical (unpaired) electrons. The Bertz CT molecular complexity index is 788. The first-order valence-electron chi connectivity index (χ1n) is 7.72. The Balaban J connectivity index is 2.20. The molecule has 0 saturated heterocycles. The van der Waals surface area contributed by atoms with Crippen LogP contribution in [0.5, 0.6) is 0 Å². The maximum atomic E-state index is 14.2. The van der Waals surface area contributed by atoms with E-state index in [2.05, 4.69) is 21.2 Å². The van der Waals surface area contributed by atoms with Crippen molar-refractivity contribution in [2.75, 3.05) is 5.32 Å². The van der Waals surface area contributed by atoms with Crippen LogP contribution in [-0.2, 0) is 11.2 Å². The van der Waals surface area contributed by atoms with Gasteiger partial charge in [-0.1, -0.05) is 34.1 Å². The summed E-state index contributed by atoms with van der Waals surface area (Å²) in [5, 5.41) is 3.00. The molecule has 0 spiro atoms. The van der Waals surface area contributed by atoms with Crippen molar-refractivity contribution < 1.29 is 13.9 Å². The Morgan fingerprint density at radius 3 is 2.48 bits per heavy atom. The van der Waals surface area contributed by atoms with E-state index in [4.69, 9.17) is 17.0 Å². The first-order valence-corrected chi connectivity index (χ1v) is 8.92. The van der Waals surface area contributed by atoms with Crippen molar-refractivity contribution in [3.63, 3.8) is 0 Å². The van der Waals surface area contributed by atoms with Crippen LogP contribution in [0.3, 0.4) is 0 Å². The zero-order chi connectivity index (χ0) is 18.6. The standard InChI is InChI=1S/C19H19BrFNO2S/c1-19(2,3)24-17(25)10-13-9-16(15(21)11-14(13)20)22-18(23)12-7-5-4-6-8-12/h4-9,11H,10H2,1-3H3,(H,22,23). The lowest BCUT2D eigenvalue weighted by atomic mass is 10.1. The molecule has 0 unspecified atom stereocenters. The number of anilines is 1. The third-order valence-electron chi connectivity index (χ3n) is 3.18. The molecule has 2 aromatic carbocycles. The fourth-order valence-electron chi connectivity index (χ4n) is 2.14. The molecule has 0 heterocycles. The van der Waals surface area contributed by atoms with Crippen LogP contribution in [0.15, 0.2) is 46.9 Å². The zero-order valence-corrected chi connectivity index (χ0v) is 16.6. The van der Waals surface area contributed by atoms with Crippen molar-refractivity contribution in [1.82, 2.24) is 0 Å². The molecule has 6 heteroatoms. The number of hydrogen-bond acceptors (Lipinski definition) is 3. The summed E-state index contributed by atoms with van der Waals surface area (Å²) in [7, 11) is 0. The number of thiocarbonyl (C=S) groups is 1. The molecule has 0 bridgehead atoms. The van der Waals surface area contributed by atoms with Crippen molar-refractivity contribution >= 4 is 44.8 Å². The first kappa shape index (κ1) is 19.5. The summed E-state index contributed by atoms with van der Waals surface area (Å²) in [5.74, 6) is -0.899. The third-order valence-corrected chi connectivity index (χ3v) is 4.14. The second-order valence-electron chi connectivity index (χ2n) is 6.51. The summed E-state index contributed by atoms with van der Waals surface area (Å²) >= 11 is 8.59. The number of nitrogens with one attached hydrogen (secondary N) is 1. The Labute approximate surface area is 160 Å². The van der Waals surface area contributed by atoms with Crippen molar-refractivity contribution in [3.8, 4) is 0 Å². The van der Waals surface area contributed by atoms with E-state index in [1.807, 2.05) is 26.8 Å². The predicted molar refractivity (Wildman–Crippen MR) is 106 cm³/mol. The highest BCUT2D eigenvalue weighted by atomic mass is 79.9. The minimum Gasteiger partial charge on any atom is -0.481 e. The van der Waals surface area contributed by atoms with Crippen molar-refractivity contribution in [2.45, 2.75) is 32.8 Å². The van der Waals surface area contributed by atoms with Crippen LogP contribution in [0.1, 0.15) is 36.7 Å². The lowest BCUT2D eigenvalue weighted by Crippen LogP contribution is -2.24. The molecule has 0 atom stereocenters. The normalized spacial score (nSPS) is 11.1. The summed E-state index contributed by atoms with van der Waals surface area (Å²) in [5.41, 5.74) is 0.899. The highest BCUT2D eigenvalue weighted by molar-refractivity contribution is 9.10. The molecule has 0 aromatic heterocycles. The fraction of sp³-hybridized carbons (Fsp3) is 0.263. The number of amides is 1. The van der Waals surface area contributed by atoms with Gasteiger partial charge < -0.3 is 10.1 Å². The van der Waals surface area contributed by atoms with Gasteiger partial charge in [0.15, 0.2) is 5.05 Å². The molecular weight excluding hydrogens is 405 g/mol. The Morgan fingerprint density at radius 2 is 1.88 bits per heavy atom. The van der Waals surface area contributed by atoms with Gasteiger partial charge in [0, 0.05) is 16.5 Å². The van der Waals surface area contributed by atoms with Crippen LogP contribution in [-0.4, -0.2) is 16.6 Å². The smallest absolute Gasteiger partial charge is 0.255 e. The number of halogens is 2.